The van der Waals surface area contributed by atoms with Crippen LogP contribution in [0, 0.1) is 13.8 Å². The summed E-state index contributed by atoms with van der Waals surface area (Å²) in [6.45, 7) is 7.90. The maximum atomic E-state index is 12.6. The monoisotopic (exact) mass is 475 g/mol. The third-order valence-corrected chi connectivity index (χ3v) is 7.50. The van der Waals surface area contributed by atoms with Crippen molar-refractivity contribution in [2.24, 2.45) is 0 Å². The second-order valence-corrected chi connectivity index (χ2v) is 10.3. The van der Waals surface area contributed by atoms with Gasteiger partial charge >= 0.3 is 0 Å². The van der Waals surface area contributed by atoms with Gasteiger partial charge in [-0.3, -0.25) is 9.36 Å². The lowest BCUT2D eigenvalue weighted by Crippen LogP contribution is -2.22. The lowest BCUT2D eigenvalue weighted by Gasteiger charge is -2.14. The Morgan fingerprint density at radius 1 is 1.28 bits per heavy atom. The Kier molecular flexibility index (Phi) is 7.22. The summed E-state index contributed by atoms with van der Waals surface area (Å²) < 4.78 is 33.1. The number of aromatic nitrogens is 3. The molecule has 2 heterocycles. The molecular formula is C21H25N5O4S2. The number of thioether (sulfide) groups is 1. The van der Waals surface area contributed by atoms with Crippen LogP contribution in [0.25, 0.3) is 11.4 Å². The third kappa shape index (κ3) is 4.95. The van der Waals surface area contributed by atoms with E-state index in [2.05, 4.69) is 22.1 Å². The van der Waals surface area contributed by atoms with Crippen molar-refractivity contribution in [1.82, 2.24) is 19.1 Å². The molecule has 0 bridgehead atoms. The molecule has 0 aliphatic rings. The van der Waals surface area contributed by atoms with Gasteiger partial charge in [0.05, 0.1) is 22.5 Å². The van der Waals surface area contributed by atoms with Crippen LogP contribution in [0.3, 0.4) is 0 Å². The van der Waals surface area contributed by atoms with E-state index in [9.17, 15) is 13.2 Å². The van der Waals surface area contributed by atoms with E-state index < -0.39 is 10.0 Å². The Hall–Kier alpha value is -2.89. The van der Waals surface area contributed by atoms with Crippen LogP contribution < -0.4 is 5.32 Å². The molecule has 9 nitrogen and oxygen atoms in total. The first-order valence-corrected chi connectivity index (χ1v) is 12.1. The lowest BCUT2D eigenvalue weighted by atomic mass is 10.2. The highest BCUT2D eigenvalue weighted by molar-refractivity contribution is 7.99. The molecule has 0 aliphatic carbocycles. The number of furan rings is 1. The molecule has 0 atom stereocenters. The predicted octanol–water partition coefficient (Wildman–Crippen LogP) is 3.32. The van der Waals surface area contributed by atoms with Gasteiger partial charge < -0.3 is 9.73 Å². The highest BCUT2D eigenvalue weighted by Gasteiger charge is 2.20. The molecular weight excluding hydrogens is 450 g/mol. The number of rotatable bonds is 9. The normalized spacial score (nSPS) is 11.7. The number of amides is 1. The Morgan fingerprint density at radius 2 is 2.03 bits per heavy atom. The van der Waals surface area contributed by atoms with E-state index in [1.165, 1.54) is 38.0 Å². The van der Waals surface area contributed by atoms with Gasteiger partial charge in [-0.2, -0.15) is 0 Å². The highest BCUT2D eigenvalue weighted by Crippen LogP contribution is 2.27. The molecule has 0 spiro atoms. The fourth-order valence-corrected chi connectivity index (χ4v) is 4.60. The molecule has 170 valence electrons. The van der Waals surface area contributed by atoms with Crippen molar-refractivity contribution in [3.8, 4) is 11.4 Å². The quantitative estimate of drug-likeness (QED) is 0.373. The number of nitrogens with zero attached hydrogens (tertiary/aromatic N) is 4. The number of nitrogens with one attached hydrogen (secondary N) is 1. The van der Waals surface area contributed by atoms with Gasteiger partial charge in [-0.15, -0.1) is 16.8 Å². The van der Waals surface area contributed by atoms with Crippen molar-refractivity contribution in [2.75, 3.05) is 25.2 Å². The fraction of sp³-hybridized carbons (Fsp3) is 0.286. The van der Waals surface area contributed by atoms with E-state index >= 15 is 0 Å². The summed E-state index contributed by atoms with van der Waals surface area (Å²) >= 11 is 1.23. The number of carbonyl (C=O) groups excluding carboxylic acids is 1. The van der Waals surface area contributed by atoms with Crippen molar-refractivity contribution in [2.45, 2.75) is 30.4 Å². The molecule has 32 heavy (non-hydrogen) atoms. The topological polar surface area (TPSA) is 110 Å². The maximum absolute atomic E-state index is 12.6. The molecule has 0 fully saturated rings. The van der Waals surface area contributed by atoms with Crippen LogP contribution in [0.2, 0.25) is 0 Å². The lowest BCUT2D eigenvalue weighted by molar-refractivity contribution is -0.113. The zero-order valence-corrected chi connectivity index (χ0v) is 20.0. The van der Waals surface area contributed by atoms with E-state index in [4.69, 9.17) is 4.42 Å². The molecule has 0 saturated carbocycles. The average molecular weight is 476 g/mol. The summed E-state index contributed by atoms with van der Waals surface area (Å²) in [7, 11) is -0.681. The first-order valence-electron chi connectivity index (χ1n) is 9.69. The largest absolute Gasteiger partial charge is 0.469 e. The van der Waals surface area contributed by atoms with E-state index in [0.29, 0.717) is 23.2 Å². The predicted molar refractivity (Wildman–Crippen MR) is 124 cm³/mol. The number of hydrogen-bond acceptors (Lipinski definition) is 7. The minimum absolute atomic E-state index is 0.0732. The number of aryl methyl sites for hydroxylation is 2. The van der Waals surface area contributed by atoms with Gasteiger partial charge in [0, 0.05) is 26.3 Å². The average Bonchev–Trinajstić information content (AvgIpc) is 3.33. The number of anilines is 1. The smallest absolute Gasteiger partial charge is 0.242 e. The summed E-state index contributed by atoms with van der Waals surface area (Å²) in [5.74, 6) is 1.15. The first-order chi connectivity index (χ1) is 15.1. The molecule has 0 radical (unpaired) electrons. The van der Waals surface area contributed by atoms with E-state index in [1.54, 1.807) is 25.3 Å². The number of sulfonamides is 1. The second-order valence-electron chi connectivity index (χ2n) is 7.20. The second kappa shape index (κ2) is 9.72. The van der Waals surface area contributed by atoms with Gasteiger partial charge in [0.1, 0.15) is 5.76 Å². The van der Waals surface area contributed by atoms with Crippen molar-refractivity contribution in [3.63, 3.8) is 0 Å². The Morgan fingerprint density at radius 3 is 2.66 bits per heavy atom. The van der Waals surface area contributed by atoms with Crippen LogP contribution in [0.15, 0.2) is 57.7 Å². The number of allylic oxidation sites excluding steroid dienone is 1. The zero-order valence-electron chi connectivity index (χ0n) is 18.3. The van der Waals surface area contributed by atoms with Gasteiger partial charge in [-0.05, 0) is 37.6 Å². The first kappa shape index (κ1) is 23.8. The zero-order chi connectivity index (χ0) is 23.5. The summed E-state index contributed by atoms with van der Waals surface area (Å²) in [4.78, 5) is 12.7. The van der Waals surface area contributed by atoms with Gasteiger partial charge in [0.15, 0.2) is 11.0 Å². The Bertz CT molecular complexity index is 1240. The van der Waals surface area contributed by atoms with Crippen molar-refractivity contribution < 1.29 is 17.6 Å². The van der Waals surface area contributed by atoms with Crippen molar-refractivity contribution in [3.05, 3.63) is 54.5 Å². The molecule has 1 amide bonds. The molecule has 3 rings (SSSR count). The fourth-order valence-electron chi connectivity index (χ4n) is 2.93. The minimum atomic E-state index is -3.60. The molecule has 0 unspecified atom stereocenters. The van der Waals surface area contributed by atoms with Crippen molar-refractivity contribution >= 4 is 33.4 Å². The summed E-state index contributed by atoms with van der Waals surface area (Å²) in [6, 6.07) is 6.47. The van der Waals surface area contributed by atoms with E-state index in [0.717, 1.165) is 21.2 Å². The van der Waals surface area contributed by atoms with Crippen molar-refractivity contribution in [1.29, 1.82) is 0 Å². The molecule has 2 aromatic heterocycles. The summed E-state index contributed by atoms with van der Waals surface area (Å²) in [5.41, 5.74) is 2.03. The van der Waals surface area contributed by atoms with Gasteiger partial charge in [0.2, 0.25) is 15.9 Å². The van der Waals surface area contributed by atoms with Crippen LogP contribution >= 0.6 is 11.8 Å². The number of benzene rings is 1. The standard InChI is InChI=1S/C21H25N5O4S2/c1-6-10-26-20(17-9-11-30-15(17)3)23-24-21(26)31-13-19(27)22-18-12-16(8-7-14(18)2)32(28,29)25(4)5/h6-9,11-12H,1,10,13H2,2-5H3,(H,22,27). The van der Waals surface area contributed by atoms with Gasteiger partial charge in [-0.25, -0.2) is 12.7 Å². The third-order valence-electron chi connectivity index (χ3n) is 4.72. The summed E-state index contributed by atoms with van der Waals surface area (Å²) in [5, 5.41) is 11.8. The number of hydrogen-bond donors (Lipinski definition) is 1. The number of carbonyl (C=O) groups is 1. The maximum Gasteiger partial charge on any atom is 0.242 e. The molecule has 0 saturated heterocycles. The SMILES string of the molecule is C=CCn1c(SCC(=O)Nc2cc(S(=O)(=O)N(C)C)ccc2C)nnc1-c1ccoc1C. The van der Waals surface area contributed by atoms with Crippen LogP contribution in [0.1, 0.15) is 11.3 Å². The minimum Gasteiger partial charge on any atom is -0.469 e. The van der Waals surface area contributed by atoms with Crippen LogP contribution in [0.5, 0.6) is 0 Å². The Balaban J connectivity index is 1.75. The van der Waals surface area contributed by atoms with Gasteiger partial charge in [-0.1, -0.05) is 23.9 Å². The molecule has 1 N–H and O–H groups in total. The Labute approximate surface area is 191 Å². The van der Waals surface area contributed by atoms with Crippen LogP contribution in [-0.4, -0.2) is 53.2 Å². The van der Waals surface area contributed by atoms with E-state index in [1.807, 2.05) is 17.6 Å². The molecule has 11 heteroatoms. The molecule has 0 aliphatic heterocycles. The molecule has 1 aromatic carbocycles. The van der Waals surface area contributed by atoms with E-state index in [-0.39, 0.29) is 16.6 Å². The molecule has 3 aromatic rings. The van der Waals surface area contributed by atoms with Crippen LogP contribution in [-0.2, 0) is 21.4 Å². The van der Waals surface area contributed by atoms with Gasteiger partial charge in [0.25, 0.3) is 0 Å². The van der Waals surface area contributed by atoms with Crippen LogP contribution in [0.4, 0.5) is 5.69 Å². The highest BCUT2D eigenvalue weighted by atomic mass is 32.2. The summed E-state index contributed by atoms with van der Waals surface area (Å²) in [6.07, 6.45) is 3.32.